The third-order valence-electron chi connectivity index (χ3n) is 5.92. The van der Waals surface area contributed by atoms with Crippen molar-refractivity contribution in [1.82, 2.24) is 15.1 Å². The van der Waals surface area contributed by atoms with E-state index in [1.54, 1.807) is 18.0 Å². The molecule has 1 fully saturated rings. The number of piperazine rings is 1. The van der Waals surface area contributed by atoms with Crippen LogP contribution in [0.25, 0.3) is 0 Å². The molecule has 4 nitrogen and oxygen atoms in total. The Morgan fingerprint density at radius 1 is 1.20 bits per heavy atom. The minimum atomic E-state index is -0.648. The minimum Gasteiger partial charge on any atom is -0.340 e. The lowest BCUT2D eigenvalue weighted by Gasteiger charge is -2.44. The molecule has 8 heteroatoms. The van der Waals surface area contributed by atoms with Crippen molar-refractivity contribution in [2.24, 2.45) is 0 Å². The lowest BCUT2D eigenvalue weighted by atomic mass is 9.87. The molecule has 0 saturated carbocycles. The summed E-state index contributed by atoms with van der Waals surface area (Å²) in [5.41, 5.74) is 2.41. The molecule has 1 N–H and O–H groups in total. The predicted octanol–water partition coefficient (Wildman–Crippen LogP) is 4.03. The van der Waals surface area contributed by atoms with Gasteiger partial charge >= 0.3 is 0 Å². The Morgan fingerprint density at radius 2 is 1.90 bits per heavy atom. The Kier molecular flexibility index (Phi) is 8.54. The van der Waals surface area contributed by atoms with Gasteiger partial charge in [0, 0.05) is 44.8 Å². The number of benzene rings is 2. The zero-order chi connectivity index (χ0) is 19.7. The molecule has 30 heavy (non-hydrogen) atoms. The van der Waals surface area contributed by atoms with Crippen LogP contribution in [0.2, 0.25) is 5.02 Å². The van der Waals surface area contributed by atoms with Crippen molar-refractivity contribution in [1.29, 1.82) is 0 Å². The summed E-state index contributed by atoms with van der Waals surface area (Å²) in [4.78, 5) is 17.9. The van der Waals surface area contributed by atoms with Crippen molar-refractivity contribution in [3.05, 3.63) is 70.0 Å². The summed E-state index contributed by atoms with van der Waals surface area (Å²) in [6, 6.07) is 12.7. The molecule has 164 valence electrons. The number of nitrogens with zero attached hydrogens (tertiary/aromatic N) is 2. The van der Waals surface area contributed by atoms with Crippen molar-refractivity contribution in [3.8, 4) is 0 Å². The summed E-state index contributed by atoms with van der Waals surface area (Å²) in [5.74, 6) is -0.314. The van der Waals surface area contributed by atoms with Crippen LogP contribution in [0.4, 0.5) is 4.39 Å². The van der Waals surface area contributed by atoms with Gasteiger partial charge in [-0.15, -0.1) is 24.8 Å². The summed E-state index contributed by atoms with van der Waals surface area (Å²) in [5, 5.41) is 3.72. The van der Waals surface area contributed by atoms with Crippen molar-refractivity contribution in [2.45, 2.75) is 24.9 Å². The maximum atomic E-state index is 13.8. The highest BCUT2D eigenvalue weighted by Gasteiger charge is 2.50. The number of hydrogen-bond donors (Lipinski definition) is 1. The summed E-state index contributed by atoms with van der Waals surface area (Å²) in [6.07, 6.45) is 1.67. The Hall–Kier alpha value is -1.37. The van der Waals surface area contributed by atoms with E-state index in [9.17, 15) is 9.18 Å². The fraction of sp³-hybridized carbons (Fsp3) is 0.409. The molecule has 1 aliphatic heterocycles. The first kappa shape index (κ1) is 24.9. The number of fused-ring (bicyclic) bond motifs is 1. The zero-order valence-electron chi connectivity index (χ0n) is 16.9. The molecule has 0 bridgehead atoms. The van der Waals surface area contributed by atoms with Gasteiger partial charge in [0.1, 0.15) is 11.4 Å². The van der Waals surface area contributed by atoms with Gasteiger partial charge in [0.05, 0.1) is 0 Å². The fourth-order valence-corrected chi connectivity index (χ4v) is 4.93. The van der Waals surface area contributed by atoms with Crippen LogP contribution in [0.1, 0.15) is 23.1 Å². The fourth-order valence-electron chi connectivity index (χ4n) is 4.69. The second-order valence-electron chi connectivity index (χ2n) is 7.69. The normalized spacial score (nSPS) is 20.6. The number of amides is 1. The van der Waals surface area contributed by atoms with Crippen LogP contribution in [0.3, 0.4) is 0 Å². The lowest BCUT2D eigenvalue weighted by molar-refractivity contribution is -0.145. The average Bonchev–Trinajstić information content (AvgIpc) is 3.08. The Balaban J connectivity index is 0.00000160. The molecule has 0 spiro atoms. The first-order chi connectivity index (χ1) is 13.5. The molecule has 1 aliphatic carbocycles. The van der Waals surface area contributed by atoms with Gasteiger partial charge in [0.2, 0.25) is 5.91 Å². The van der Waals surface area contributed by atoms with E-state index in [1.807, 2.05) is 12.1 Å². The van der Waals surface area contributed by atoms with Crippen LogP contribution in [-0.4, -0.2) is 48.9 Å². The summed E-state index contributed by atoms with van der Waals surface area (Å²) in [7, 11) is 1.80. The van der Waals surface area contributed by atoms with E-state index in [0.29, 0.717) is 17.1 Å². The van der Waals surface area contributed by atoms with Crippen molar-refractivity contribution < 1.29 is 9.18 Å². The van der Waals surface area contributed by atoms with Gasteiger partial charge in [0.25, 0.3) is 0 Å². The maximum absolute atomic E-state index is 13.8. The molecule has 1 heterocycles. The molecule has 0 aromatic heterocycles. The van der Waals surface area contributed by atoms with Crippen LogP contribution in [0.15, 0.2) is 42.5 Å². The Labute approximate surface area is 194 Å². The smallest absolute Gasteiger partial charge is 0.247 e. The average molecular weight is 475 g/mol. The van der Waals surface area contributed by atoms with E-state index in [2.05, 4.69) is 22.3 Å². The largest absolute Gasteiger partial charge is 0.340 e. The molecule has 1 saturated heterocycles. The third-order valence-corrected chi connectivity index (χ3v) is 6.14. The van der Waals surface area contributed by atoms with Crippen LogP contribution >= 0.6 is 36.4 Å². The number of likely N-dealkylation sites (N-methyl/N-ethyl adjacent to an activating group) is 1. The summed E-state index contributed by atoms with van der Waals surface area (Å²) in [6.45, 7) is 3.74. The molecular formula is C22H27Cl3FN3O. The van der Waals surface area contributed by atoms with Gasteiger partial charge in [-0.3, -0.25) is 9.69 Å². The standard InChI is InChI=1S/C22H25ClFN3O.2ClH/c1-26(15-16-12-18(23)14-19(24)13-16)21(28)22(27-10-8-25-9-11-27)7-6-17-4-2-3-5-20(17)22;;/h2-5,12-14,25H,6-11,15H2,1H3;2*1H/t22-;;/m0../s1. The highest BCUT2D eigenvalue weighted by atomic mass is 35.5. The first-order valence-corrected chi connectivity index (χ1v) is 10.1. The quantitative estimate of drug-likeness (QED) is 0.727. The molecule has 4 rings (SSSR count). The highest BCUT2D eigenvalue weighted by molar-refractivity contribution is 6.30. The zero-order valence-corrected chi connectivity index (χ0v) is 19.3. The number of carbonyl (C=O) groups excluding carboxylic acids is 1. The second-order valence-corrected chi connectivity index (χ2v) is 8.13. The van der Waals surface area contributed by atoms with Crippen molar-refractivity contribution >= 4 is 42.3 Å². The molecule has 0 unspecified atom stereocenters. The van der Waals surface area contributed by atoms with Crippen molar-refractivity contribution in [3.63, 3.8) is 0 Å². The highest BCUT2D eigenvalue weighted by Crippen LogP contribution is 2.43. The van der Waals surface area contributed by atoms with E-state index in [-0.39, 0.29) is 36.5 Å². The van der Waals surface area contributed by atoms with Crippen LogP contribution in [-0.2, 0) is 23.3 Å². The molecule has 1 amide bonds. The molecular weight excluding hydrogens is 448 g/mol. The molecule has 2 aromatic carbocycles. The Morgan fingerprint density at radius 3 is 2.60 bits per heavy atom. The van der Waals surface area contributed by atoms with Crippen LogP contribution < -0.4 is 5.32 Å². The first-order valence-electron chi connectivity index (χ1n) is 9.75. The summed E-state index contributed by atoms with van der Waals surface area (Å²) >= 11 is 6.00. The van der Waals surface area contributed by atoms with Crippen LogP contribution in [0, 0.1) is 5.82 Å². The third kappa shape index (κ3) is 4.61. The number of nitrogens with one attached hydrogen (secondary N) is 1. The molecule has 2 aliphatic rings. The van der Waals surface area contributed by atoms with Gasteiger partial charge < -0.3 is 10.2 Å². The van der Waals surface area contributed by atoms with E-state index < -0.39 is 5.54 Å². The number of carbonyl (C=O) groups is 1. The number of aryl methyl sites for hydroxylation is 1. The van der Waals surface area contributed by atoms with Gasteiger partial charge in [0.15, 0.2) is 0 Å². The SMILES string of the molecule is CN(Cc1cc(F)cc(Cl)c1)C(=O)[C@]1(N2CCNCC2)CCc2ccccc21.Cl.Cl. The van der Waals surface area contributed by atoms with Crippen LogP contribution in [0.5, 0.6) is 0 Å². The van der Waals surface area contributed by atoms with Gasteiger partial charge in [-0.05, 0) is 47.7 Å². The predicted molar refractivity (Wildman–Crippen MR) is 123 cm³/mol. The Bertz CT molecular complexity index is 871. The number of hydrogen-bond acceptors (Lipinski definition) is 3. The van der Waals surface area contributed by atoms with Gasteiger partial charge in [-0.2, -0.15) is 0 Å². The van der Waals surface area contributed by atoms with Gasteiger partial charge in [-0.25, -0.2) is 4.39 Å². The topological polar surface area (TPSA) is 35.6 Å². The van der Waals surface area contributed by atoms with E-state index in [4.69, 9.17) is 11.6 Å². The van der Waals surface area contributed by atoms with E-state index in [0.717, 1.165) is 44.6 Å². The minimum absolute atomic E-state index is 0. The molecule has 2 aromatic rings. The van der Waals surface area contributed by atoms with E-state index in [1.165, 1.54) is 17.7 Å². The van der Waals surface area contributed by atoms with E-state index >= 15 is 0 Å². The van der Waals surface area contributed by atoms with Gasteiger partial charge in [-0.1, -0.05) is 35.9 Å². The monoisotopic (exact) mass is 473 g/mol. The second kappa shape index (κ2) is 10.3. The molecule has 0 radical (unpaired) electrons. The number of rotatable bonds is 4. The van der Waals surface area contributed by atoms with Crippen molar-refractivity contribution in [2.75, 3.05) is 33.2 Å². The summed E-state index contributed by atoms with van der Waals surface area (Å²) < 4.78 is 13.7. The molecule has 1 atom stereocenters. The lowest BCUT2D eigenvalue weighted by Crippen LogP contribution is -2.60. The maximum Gasteiger partial charge on any atom is 0.247 e. The number of halogens is 4.